The van der Waals surface area contributed by atoms with Crippen LogP contribution in [0.15, 0.2) is 42.7 Å². The number of hydrogen-bond acceptors (Lipinski definition) is 1. The SMILES string of the molecule is [c]1cc2ccccc2c2nccn12. The van der Waals surface area contributed by atoms with Crippen LogP contribution in [0.4, 0.5) is 0 Å². The molecule has 2 aromatic heterocycles. The van der Waals surface area contributed by atoms with E-state index >= 15 is 0 Å². The van der Waals surface area contributed by atoms with Crippen LogP contribution in [-0.2, 0) is 0 Å². The third-order valence-electron chi connectivity index (χ3n) is 2.20. The van der Waals surface area contributed by atoms with Crippen LogP contribution in [-0.4, -0.2) is 9.38 Å². The minimum Gasteiger partial charge on any atom is -0.298 e. The summed E-state index contributed by atoms with van der Waals surface area (Å²) < 4.78 is 1.91. The van der Waals surface area contributed by atoms with Crippen molar-refractivity contribution < 1.29 is 0 Å². The number of hydrogen-bond donors (Lipinski definition) is 0. The molecule has 0 spiro atoms. The summed E-state index contributed by atoms with van der Waals surface area (Å²) in [5.74, 6) is 0. The van der Waals surface area contributed by atoms with Gasteiger partial charge in [0.2, 0.25) is 0 Å². The molecule has 3 aromatic rings. The van der Waals surface area contributed by atoms with Gasteiger partial charge in [0.1, 0.15) is 5.65 Å². The Morgan fingerprint density at radius 2 is 2.15 bits per heavy atom. The van der Waals surface area contributed by atoms with Crippen LogP contribution in [0.2, 0.25) is 0 Å². The molecule has 0 aliphatic heterocycles. The van der Waals surface area contributed by atoms with Crippen LogP contribution >= 0.6 is 0 Å². The molecule has 0 fully saturated rings. The molecule has 1 aromatic carbocycles. The molecule has 0 saturated carbocycles. The van der Waals surface area contributed by atoms with Gasteiger partial charge < -0.3 is 0 Å². The summed E-state index contributed by atoms with van der Waals surface area (Å²) in [6.45, 7) is 0. The molecule has 2 nitrogen and oxygen atoms in total. The summed E-state index contributed by atoms with van der Waals surface area (Å²) in [5.41, 5.74) is 0.970. The summed E-state index contributed by atoms with van der Waals surface area (Å²) in [7, 11) is 0. The standard InChI is InChI=1S/C11H7N2/c1-2-4-10-9(3-1)5-7-13-8-6-12-11(10)13/h1-6,8H. The molecule has 1 radical (unpaired) electrons. The lowest BCUT2D eigenvalue weighted by Gasteiger charge is -1.98. The summed E-state index contributed by atoms with van der Waals surface area (Å²) in [5, 5.41) is 2.35. The van der Waals surface area contributed by atoms with Gasteiger partial charge in [0.25, 0.3) is 0 Å². The molecule has 0 N–H and O–H groups in total. The van der Waals surface area contributed by atoms with Crippen molar-refractivity contribution in [1.82, 2.24) is 9.38 Å². The van der Waals surface area contributed by atoms with Crippen molar-refractivity contribution in [3.05, 3.63) is 48.9 Å². The highest BCUT2D eigenvalue weighted by atomic mass is 15.0. The first kappa shape index (κ1) is 6.66. The third kappa shape index (κ3) is 0.855. The molecule has 0 saturated heterocycles. The second kappa shape index (κ2) is 2.33. The number of benzene rings is 1. The summed E-state index contributed by atoms with van der Waals surface area (Å²) >= 11 is 0. The van der Waals surface area contributed by atoms with E-state index in [1.165, 1.54) is 10.8 Å². The topological polar surface area (TPSA) is 17.3 Å². The third-order valence-corrected chi connectivity index (χ3v) is 2.20. The molecule has 2 heterocycles. The van der Waals surface area contributed by atoms with Gasteiger partial charge in [-0.15, -0.1) is 0 Å². The smallest absolute Gasteiger partial charge is 0.145 e. The Balaban J connectivity index is 2.65. The highest BCUT2D eigenvalue weighted by Gasteiger charge is 1.99. The van der Waals surface area contributed by atoms with E-state index in [1.54, 1.807) is 6.20 Å². The van der Waals surface area contributed by atoms with Crippen molar-refractivity contribution in [2.75, 3.05) is 0 Å². The lowest BCUT2D eigenvalue weighted by molar-refractivity contribution is 1.19. The van der Waals surface area contributed by atoms with E-state index in [1.807, 2.05) is 28.8 Å². The molecule has 3 rings (SSSR count). The maximum Gasteiger partial charge on any atom is 0.145 e. The number of nitrogens with zero attached hydrogens (tertiary/aromatic N) is 2. The molecule has 0 amide bonds. The first-order chi connectivity index (χ1) is 6.45. The molecule has 2 heteroatoms. The van der Waals surface area contributed by atoms with Gasteiger partial charge in [-0.05, 0) is 11.5 Å². The minimum atomic E-state index is 0.970. The second-order valence-corrected chi connectivity index (χ2v) is 2.98. The zero-order valence-corrected chi connectivity index (χ0v) is 6.94. The minimum absolute atomic E-state index is 0.970. The van der Waals surface area contributed by atoms with Gasteiger partial charge >= 0.3 is 0 Å². The largest absolute Gasteiger partial charge is 0.298 e. The van der Waals surface area contributed by atoms with E-state index in [0.29, 0.717) is 0 Å². The van der Waals surface area contributed by atoms with Crippen molar-refractivity contribution in [3.8, 4) is 0 Å². The van der Waals surface area contributed by atoms with Crippen molar-refractivity contribution in [1.29, 1.82) is 0 Å². The van der Waals surface area contributed by atoms with Crippen LogP contribution in [0.1, 0.15) is 0 Å². The average Bonchev–Trinajstić information content (AvgIpc) is 2.65. The predicted octanol–water partition coefficient (Wildman–Crippen LogP) is 2.29. The van der Waals surface area contributed by atoms with Crippen molar-refractivity contribution in [3.63, 3.8) is 0 Å². The van der Waals surface area contributed by atoms with Crippen molar-refractivity contribution in [2.45, 2.75) is 0 Å². The van der Waals surface area contributed by atoms with E-state index in [0.717, 1.165) is 5.65 Å². The van der Waals surface area contributed by atoms with Crippen LogP contribution in [0, 0.1) is 6.20 Å². The zero-order valence-electron chi connectivity index (χ0n) is 6.94. The van der Waals surface area contributed by atoms with Gasteiger partial charge in [-0.1, -0.05) is 24.3 Å². The van der Waals surface area contributed by atoms with E-state index in [9.17, 15) is 0 Å². The Morgan fingerprint density at radius 3 is 3.15 bits per heavy atom. The van der Waals surface area contributed by atoms with Crippen LogP contribution < -0.4 is 0 Å². The Labute approximate surface area is 75.5 Å². The fourth-order valence-electron chi connectivity index (χ4n) is 1.57. The molecule has 0 aliphatic carbocycles. The van der Waals surface area contributed by atoms with Crippen LogP contribution in [0.3, 0.4) is 0 Å². The van der Waals surface area contributed by atoms with Gasteiger partial charge in [-0.2, -0.15) is 0 Å². The van der Waals surface area contributed by atoms with Crippen molar-refractivity contribution >= 4 is 16.4 Å². The monoisotopic (exact) mass is 167 g/mol. The fourth-order valence-corrected chi connectivity index (χ4v) is 1.57. The lowest BCUT2D eigenvalue weighted by atomic mass is 10.2. The van der Waals surface area contributed by atoms with Gasteiger partial charge in [-0.25, -0.2) is 4.98 Å². The number of pyridine rings is 1. The Bertz CT molecular complexity index is 566. The van der Waals surface area contributed by atoms with Gasteiger partial charge in [0.15, 0.2) is 0 Å². The Morgan fingerprint density at radius 1 is 1.23 bits per heavy atom. The van der Waals surface area contributed by atoms with E-state index < -0.39 is 0 Å². The molecule has 0 aliphatic rings. The molecule has 61 valence electrons. The van der Waals surface area contributed by atoms with E-state index in [2.05, 4.69) is 23.3 Å². The molecule has 0 unspecified atom stereocenters. The summed E-state index contributed by atoms with van der Waals surface area (Å²) in [6, 6.07) is 10.2. The molecule has 0 bridgehead atoms. The maximum atomic E-state index is 4.28. The number of aromatic nitrogens is 2. The first-order valence-electron chi connectivity index (χ1n) is 4.18. The average molecular weight is 167 g/mol. The molecule has 13 heavy (non-hydrogen) atoms. The maximum absolute atomic E-state index is 4.28. The predicted molar refractivity (Wildman–Crippen MR) is 51.5 cm³/mol. The lowest BCUT2D eigenvalue weighted by Crippen LogP contribution is -1.84. The Hall–Kier alpha value is -1.83. The highest BCUT2D eigenvalue weighted by molar-refractivity contribution is 5.93. The number of fused-ring (bicyclic) bond motifs is 3. The highest BCUT2D eigenvalue weighted by Crippen LogP contribution is 2.17. The second-order valence-electron chi connectivity index (χ2n) is 2.98. The van der Waals surface area contributed by atoms with Crippen molar-refractivity contribution in [2.24, 2.45) is 0 Å². The van der Waals surface area contributed by atoms with Gasteiger partial charge in [0, 0.05) is 17.8 Å². The molecular weight excluding hydrogens is 160 g/mol. The molecular formula is C11H7N2. The first-order valence-corrected chi connectivity index (χ1v) is 4.18. The van der Waals surface area contributed by atoms with Gasteiger partial charge in [-0.3, -0.25) is 4.40 Å². The quantitative estimate of drug-likeness (QED) is 0.502. The fraction of sp³-hybridized carbons (Fsp3) is 0. The summed E-state index contributed by atoms with van der Waals surface area (Å²) in [6.07, 6.45) is 6.82. The van der Waals surface area contributed by atoms with Crippen LogP contribution in [0.25, 0.3) is 16.4 Å². The van der Waals surface area contributed by atoms with E-state index in [4.69, 9.17) is 0 Å². The molecule has 0 atom stereocenters. The van der Waals surface area contributed by atoms with Gasteiger partial charge in [0.05, 0.1) is 6.20 Å². The summed E-state index contributed by atoms with van der Waals surface area (Å²) in [4.78, 5) is 4.28. The van der Waals surface area contributed by atoms with E-state index in [-0.39, 0.29) is 0 Å². The van der Waals surface area contributed by atoms with Crippen LogP contribution in [0.5, 0.6) is 0 Å². The number of imidazole rings is 1. The zero-order chi connectivity index (χ0) is 8.67. The number of rotatable bonds is 0. The normalized spacial score (nSPS) is 11.1. The Kier molecular flexibility index (Phi) is 1.19.